The lowest BCUT2D eigenvalue weighted by Crippen LogP contribution is -2.17. The fourth-order valence-electron chi connectivity index (χ4n) is 1.70. The Morgan fingerprint density at radius 1 is 1.50 bits per heavy atom. The van der Waals surface area contributed by atoms with Crippen molar-refractivity contribution in [3.8, 4) is 0 Å². The van der Waals surface area contributed by atoms with Gasteiger partial charge in [-0.3, -0.25) is 4.79 Å². The quantitative estimate of drug-likeness (QED) is 0.662. The summed E-state index contributed by atoms with van der Waals surface area (Å²) >= 11 is 1.66. The SMILES string of the molecule is COC(=O)C1SCCc2ccccc21. The summed E-state index contributed by atoms with van der Waals surface area (Å²) in [6, 6.07) is 8.10. The van der Waals surface area contributed by atoms with Crippen molar-refractivity contribution in [2.45, 2.75) is 11.7 Å². The molecule has 0 amide bonds. The number of benzene rings is 1. The second kappa shape index (κ2) is 4.05. The largest absolute Gasteiger partial charge is 0.468 e. The van der Waals surface area contributed by atoms with E-state index >= 15 is 0 Å². The first-order valence-electron chi connectivity index (χ1n) is 4.60. The van der Waals surface area contributed by atoms with Crippen molar-refractivity contribution in [3.05, 3.63) is 35.4 Å². The van der Waals surface area contributed by atoms with E-state index < -0.39 is 0 Å². The van der Waals surface area contributed by atoms with Crippen molar-refractivity contribution in [1.29, 1.82) is 0 Å². The summed E-state index contributed by atoms with van der Waals surface area (Å²) in [4.78, 5) is 11.5. The molecule has 74 valence electrons. The van der Waals surface area contributed by atoms with Crippen molar-refractivity contribution in [3.63, 3.8) is 0 Å². The van der Waals surface area contributed by atoms with E-state index in [1.165, 1.54) is 12.7 Å². The van der Waals surface area contributed by atoms with Crippen LogP contribution in [0.25, 0.3) is 0 Å². The highest BCUT2D eigenvalue weighted by atomic mass is 32.2. The van der Waals surface area contributed by atoms with E-state index in [-0.39, 0.29) is 11.2 Å². The van der Waals surface area contributed by atoms with Gasteiger partial charge in [-0.1, -0.05) is 24.3 Å². The van der Waals surface area contributed by atoms with Crippen LogP contribution < -0.4 is 0 Å². The fourth-order valence-corrected chi connectivity index (χ4v) is 2.91. The Balaban J connectivity index is 2.35. The van der Waals surface area contributed by atoms with E-state index in [1.807, 2.05) is 18.2 Å². The molecule has 1 atom stereocenters. The van der Waals surface area contributed by atoms with Gasteiger partial charge >= 0.3 is 5.97 Å². The van der Waals surface area contributed by atoms with Gasteiger partial charge in [-0.25, -0.2) is 0 Å². The number of ether oxygens (including phenoxy) is 1. The van der Waals surface area contributed by atoms with Crippen LogP contribution >= 0.6 is 11.8 Å². The summed E-state index contributed by atoms with van der Waals surface area (Å²) in [7, 11) is 1.44. The third-order valence-corrected chi connectivity index (χ3v) is 3.63. The van der Waals surface area contributed by atoms with Gasteiger partial charge in [0.25, 0.3) is 0 Å². The first-order chi connectivity index (χ1) is 6.83. The van der Waals surface area contributed by atoms with Gasteiger partial charge in [0.05, 0.1) is 7.11 Å². The molecule has 2 rings (SSSR count). The number of thioether (sulfide) groups is 1. The third kappa shape index (κ3) is 1.64. The van der Waals surface area contributed by atoms with Crippen molar-refractivity contribution in [1.82, 2.24) is 0 Å². The molecule has 2 nitrogen and oxygen atoms in total. The van der Waals surface area contributed by atoms with Crippen LogP contribution in [-0.2, 0) is 16.0 Å². The van der Waals surface area contributed by atoms with Gasteiger partial charge in [0, 0.05) is 0 Å². The maximum Gasteiger partial charge on any atom is 0.323 e. The van der Waals surface area contributed by atoms with Crippen LogP contribution in [0.4, 0.5) is 0 Å². The standard InChI is InChI=1S/C11H12O2S/c1-13-11(12)10-9-5-3-2-4-8(9)6-7-14-10/h2-5,10H,6-7H2,1H3. The summed E-state index contributed by atoms with van der Waals surface area (Å²) in [5, 5.41) is -0.120. The molecule has 1 aliphatic rings. The number of fused-ring (bicyclic) bond motifs is 1. The van der Waals surface area contributed by atoms with Crippen molar-refractivity contribution >= 4 is 17.7 Å². The Morgan fingerprint density at radius 3 is 3.07 bits per heavy atom. The fraction of sp³-hybridized carbons (Fsp3) is 0.364. The second-order valence-corrected chi connectivity index (χ2v) is 4.44. The summed E-state index contributed by atoms with van der Waals surface area (Å²) < 4.78 is 4.79. The van der Waals surface area contributed by atoms with Crippen molar-refractivity contribution < 1.29 is 9.53 Å². The Labute approximate surface area is 87.6 Å². The van der Waals surface area contributed by atoms with Crippen LogP contribution in [0.2, 0.25) is 0 Å². The lowest BCUT2D eigenvalue weighted by atomic mass is 10.0. The molecule has 1 aromatic rings. The molecule has 1 aromatic carbocycles. The third-order valence-electron chi connectivity index (χ3n) is 2.41. The monoisotopic (exact) mass is 208 g/mol. The molecule has 0 spiro atoms. The van der Waals surface area contributed by atoms with Gasteiger partial charge < -0.3 is 4.74 Å². The number of methoxy groups -OCH3 is 1. The zero-order chi connectivity index (χ0) is 9.97. The minimum Gasteiger partial charge on any atom is -0.468 e. The van der Waals surface area contributed by atoms with E-state index in [0.717, 1.165) is 17.7 Å². The first kappa shape index (κ1) is 9.59. The topological polar surface area (TPSA) is 26.3 Å². The lowest BCUT2D eigenvalue weighted by molar-refractivity contribution is -0.140. The Bertz CT molecular complexity index is 349. The average molecular weight is 208 g/mol. The highest BCUT2D eigenvalue weighted by Crippen LogP contribution is 2.37. The molecule has 0 saturated carbocycles. The van der Waals surface area contributed by atoms with E-state index in [9.17, 15) is 4.79 Å². The zero-order valence-electron chi connectivity index (χ0n) is 8.03. The Kier molecular flexibility index (Phi) is 2.77. The van der Waals surface area contributed by atoms with Crippen molar-refractivity contribution in [2.75, 3.05) is 12.9 Å². The zero-order valence-corrected chi connectivity index (χ0v) is 8.84. The van der Waals surface area contributed by atoms with Gasteiger partial charge in [-0.2, -0.15) is 0 Å². The van der Waals surface area contributed by atoms with Crippen LogP contribution in [0.3, 0.4) is 0 Å². The minimum absolute atomic E-state index is 0.120. The maximum absolute atomic E-state index is 11.5. The molecule has 1 aliphatic heterocycles. The molecular weight excluding hydrogens is 196 g/mol. The highest BCUT2D eigenvalue weighted by molar-refractivity contribution is 8.00. The molecule has 1 heterocycles. The van der Waals surface area contributed by atoms with Gasteiger partial charge in [-0.05, 0) is 23.3 Å². The number of hydrogen-bond donors (Lipinski definition) is 0. The molecule has 0 fully saturated rings. The van der Waals surface area contributed by atoms with Crippen LogP contribution in [0.5, 0.6) is 0 Å². The van der Waals surface area contributed by atoms with E-state index in [2.05, 4.69) is 6.07 Å². The predicted octanol–water partition coefficient (Wildman–Crippen LogP) is 2.19. The Hall–Kier alpha value is -0.960. The molecule has 1 unspecified atom stereocenters. The van der Waals surface area contributed by atoms with Gasteiger partial charge in [-0.15, -0.1) is 11.8 Å². The molecule has 0 saturated heterocycles. The number of rotatable bonds is 1. The lowest BCUT2D eigenvalue weighted by Gasteiger charge is -2.22. The van der Waals surface area contributed by atoms with Crippen LogP contribution in [0.15, 0.2) is 24.3 Å². The number of esters is 1. The van der Waals surface area contributed by atoms with Crippen LogP contribution in [0, 0.1) is 0 Å². The summed E-state index contributed by atoms with van der Waals surface area (Å²) in [5.41, 5.74) is 2.40. The number of carbonyl (C=O) groups is 1. The maximum atomic E-state index is 11.5. The van der Waals surface area contributed by atoms with Gasteiger partial charge in [0.15, 0.2) is 0 Å². The second-order valence-electron chi connectivity index (χ2n) is 3.22. The molecule has 0 N–H and O–H groups in total. The van der Waals surface area contributed by atoms with Gasteiger partial charge in [0.1, 0.15) is 5.25 Å². The predicted molar refractivity (Wildman–Crippen MR) is 57.4 cm³/mol. The first-order valence-corrected chi connectivity index (χ1v) is 5.65. The van der Waals surface area contributed by atoms with Crippen LogP contribution in [0.1, 0.15) is 16.4 Å². The molecule has 0 radical (unpaired) electrons. The van der Waals surface area contributed by atoms with E-state index in [1.54, 1.807) is 11.8 Å². The minimum atomic E-state index is -0.137. The molecule has 14 heavy (non-hydrogen) atoms. The number of carbonyl (C=O) groups excluding carboxylic acids is 1. The highest BCUT2D eigenvalue weighted by Gasteiger charge is 2.27. The average Bonchev–Trinajstić information content (AvgIpc) is 2.27. The molecule has 0 aromatic heterocycles. The molecule has 0 aliphatic carbocycles. The van der Waals surface area contributed by atoms with Crippen LogP contribution in [-0.4, -0.2) is 18.8 Å². The van der Waals surface area contributed by atoms with Gasteiger partial charge in [0.2, 0.25) is 0 Å². The summed E-state index contributed by atoms with van der Waals surface area (Å²) in [6.07, 6.45) is 1.05. The van der Waals surface area contributed by atoms with Crippen molar-refractivity contribution in [2.24, 2.45) is 0 Å². The van der Waals surface area contributed by atoms with E-state index in [4.69, 9.17) is 4.74 Å². The normalized spacial score (nSPS) is 19.9. The van der Waals surface area contributed by atoms with E-state index in [0.29, 0.717) is 0 Å². The summed E-state index contributed by atoms with van der Waals surface area (Å²) in [6.45, 7) is 0. The molecular formula is C11H12O2S. The molecule has 0 bridgehead atoms. The Morgan fingerprint density at radius 2 is 2.29 bits per heavy atom. The molecule has 3 heteroatoms. The number of hydrogen-bond acceptors (Lipinski definition) is 3. The summed E-state index contributed by atoms with van der Waals surface area (Å²) in [5.74, 6) is 0.860. The smallest absolute Gasteiger partial charge is 0.323 e. The number of aryl methyl sites for hydroxylation is 1.